The lowest BCUT2D eigenvalue weighted by molar-refractivity contribution is 0.633. The number of nitrogens with two attached hydrogens (primary N) is 1. The van der Waals surface area contributed by atoms with Gasteiger partial charge in [0.1, 0.15) is 5.82 Å². The Morgan fingerprint density at radius 3 is 2.44 bits per heavy atom. The largest absolute Gasteiger partial charge is 0.395 e. The quantitative estimate of drug-likeness (QED) is 0.651. The Hall–Kier alpha value is -1.30. The molecule has 0 saturated heterocycles. The fourth-order valence-electron chi connectivity index (χ4n) is 1.33. The normalized spacial score (nSPS) is 10.1. The summed E-state index contributed by atoms with van der Waals surface area (Å²) in [5, 5.41) is 3.07. The molecular formula is C12H10FIN2. The second-order valence-corrected chi connectivity index (χ2v) is 4.58. The molecule has 0 bridgehead atoms. The van der Waals surface area contributed by atoms with Gasteiger partial charge in [0.25, 0.3) is 0 Å². The van der Waals surface area contributed by atoms with Crippen molar-refractivity contribution in [1.82, 2.24) is 0 Å². The van der Waals surface area contributed by atoms with Gasteiger partial charge >= 0.3 is 0 Å². The molecule has 0 aromatic heterocycles. The minimum atomic E-state index is -0.407. The van der Waals surface area contributed by atoms with Crippen molar-refractivity contribution in [3.63, 3.8) is 0 Å². The Morgan fingerprint density at radius 2 is 1.75 bits per heavy atom. The fraction of sp³-hybridized carbons (Fsp3) is 0. The molecule has 0 aliphatic heterocycles. The molecule has 4 heteroatoms. The van der Waals surface area contributed by atoms with Crippen LogP contribution in [0.15, 0.2) is 42.5 Å². The van der Waals surface area contributed by atoms with E-state index in [0.717, 1.165) is 9.26 Å². The van der Waals surface area contributed by atoms with Gasteiger partial charge in [0.15, 0.2) is 0 Å². The first-order valence-electron chi connectivity index (χ1n) is 4.73. The minimum absolute atomic E-state index is 0.140. The van der Waals surface area contributed by atoms with Gasteiger partial charge < -0.3 is 11.1 Å². The molecule has 0 aliphatic rings. The summed E-state index contributed by atoms with van der Waals surface area (Å²) >= 11 is 2.23. The standard InChI is InChI=1S/C12H10FIN2/c13-10-2-1-3-11(12(10)15)16-9-6-4-8(14)5-7-9/h1-7,16H,15H2. The van der Waals surface area contributed by atoms with Gasteiger partial charge in [-0.25, -0.2) is 4.39 Å². The summed E-state index contributed by atoms with van der Waals surface area (Å²) in [5.74, 6) is -0.407. The summed E-state index contributed by atoms with van der Waals surface area (Å²) < 4.78 is 14.3. The van der Waals surface area contributed by atoms with Gasteiger partial charge in [-0.3, -0.25) is 0 Å². The Labute approximate surface area is 107 Å². The van der Waals surface area contributed by atoms with Crippen LogP contribution in [0.25, 0.3) is 0 Å². The Balaban J connectivity index is 2.27. The second kappa shape index (κ2) is 4.69. The zero-order valence-corrected chi connectivity index (χ0v) is 10.5. The number of hydrogen-bond acceptors (Lipinski definition) is 2. The average Bonchev–Trinajstić information content (AvgIpc) is 2.28. The topological polar surface area (TPSA) is 38.0 Å². The first-order valence-corrected chi connectivity index (χ1v) is 5.81. The maximum absolute atomic E-state index is 13.2. The minimum Gasteiger partial charge on any atom is -0.395 e. The summed E-state index contributed by atoms with van der Waals surface area (Å²) in [4.78, 5) is 0. The summed E-state index contributed by atoms with van der Waals surface area (Å²) in [6.07, 6.45) is 0. The molecule has 3 N–H and O–H groups in total. The van der Waals surface area contributed by atoms with E-state index in [1.54, 1.807) is 12.1 Å². The molecule has 0 atom stereocenters. The molecular weight excluding hydrogens is 318 g/mol. The molecule has 0 radical (unpaired) electrons. The van der Waals surface area contributed by atoms with E-state index in [4.69, 9.17) is 5.73 Å². The maximum atomic E-state index is 13.2. The SMILES string of the molecule is Nc1c(F)cccc1Nc1ccc(I)cc1. The van der Waals surface area contributed by atoms with Gasteiger partial charge in [-0.05, 0) is 59.0 Å². The second-order valence-electron chi connectivity index (χ2n) is 3.33. The number of anilines is 3. The third-order valence-electron chi connectivity index (χ3n) is 2.18. The number of hydrogen-bond donors (Lipinski definition) is 2. The number of nitrogen functional groups attached to an aromatic ring is 1. The van der Waals surface area contributed by atoms with Crippen molar-refractivity contribution < 1.29 is 4.39 Å². The van der Waals surface area contributed by atoms with Crippen molar-refractivity contribution in [1.29, 1.82) is 0 Å². The number of benzene rings is 2. The van der Waals surface area contributed by atoms with Crippen molar-refractivity contribution in [3.8, 4) is 0 Å². The summed E-state index contributed by atoms with van der Waals surface area (Å²) in [7, 11) is 0. The third-order valence-corrected chi connectivity index (χ3v) is 2.90. The smallest absolute Gasteiger partial charge is 0.148 e. The molecule has 0 amide bonds. The molecule has 0 fully saturated rings. The molecule has 0 saturated carbocycles. The zero-order chi connectivity index (χ0) is 11.5. The van der Waals surface area contributed by atoms with Crippen molar-refractivity contribution in [3.05, 3.63) is 51.9 Å². The lowest BCUT2D eigenvalue weighted by Crippen LogP contribution is -1.98. The van der Waals surface area contributed by atoms with Gasteiger partial charge in [0, 0.05) is 9.26 Å². The Morgan fingerprint density at radius 1 is 1.06 bits per heavy atom. The molecule has 0 aliphatic carbocycles. The maximum Gasteiger partial charge on any atom is 0.148 e. The van der Waals surface area contributed by atoms with E-state index in [9.17, 15) is 4.39 Å². The van der Waals surface area contributed by atoms with Gasteiger partial charge in [-0.15, -0.1) is 0 Å². The Bertz CT molecular complexity index is 497. The van der Waals surface area contributed by atoms with E-state index in [2.05, 4.69) is 27.9 Å². The molecule has 0 spiro atoms. The number of para-hydroxylation sites is 1. The fourth-order valence-corrected chi connectivity index (χ4v) is 1.69. The van der Waals surface area contributed by atoms with E-state index in [0.29, 0.717) is 5.69 Å². The lowest BCUT2D eigenvalue weighted by atomic mass is 10.2. The zero-order valence-electron chi connectivity index (χ0n) is 8.37. The van der Waals surface area contributed by atoms with Crippen LogP contribution in [0, 0.1) is 9.39 Å². The molecule has 2 rings (SSSR count). The van der Waals surface area contributed by atoms with Crippen LogP contribution in [-0.2, 0) is 0 Å². The molecule has 2 aromatic carbocycles. The van der Waals surface area contributed by atoms with E-state index < -0.39 is 5.82 Å². The van der Waals surface area contributed by atoms with E-state index >= 15 is 0 Å². The molecule has 82 valence electrons. The van der Waals surface area contributed by atoms with Gasteiger partial charge in [0.05, 0.1) is 11.4 Å². The highest BCUT2D eigenvalue weighted by Crippen LogP contribution is 2.25. The highest BCUT2D eigenvalue weighted by Gasteiger charge is 2.03. The highest BCUT2D eigenvalue weighted by atomic mass is 127. The number of halogens is 2. The summed E-state index contributed by atoms with van der Waals surface area (Å²) in [5.41, 5.74) is 7.23. The van der Waals surface area contributed by atoms with Crippen molar-refractivity contribution in [2.45, 2.75) is 0 Å². The van der Waals surface area contributed by atoms with Crippen LogP contribution in [0.3, 0.4) is 0 Å². The number of rotatable bonds is 2. The predicted molar refractivity (Wildman–Crippen MR) is 73.3 cm³/mol. The lowest BCUT2D eigenvalue weighted by Gasteiger charge is -2.09. The van der Waals surface area contributed by atoms with E-state index in [1.807, 2.05) is 24.3 Å². The summed E-state index contributed by atoms with van der Waals surface area (Å²) in [6.45, 7) is 0. The van der Waals surface area contributed by atoms with Crippen LogP contribution < -0.4 is 11.1 Å². The molecule has 2 nitrogen and oxygen atoms in total. The highest BCUT2D eigenvalue weighted by molar-refractivity contribution is 14.1. The van der Waals surface area contributed by atoms with Gasteiger partial charge in [0.2, 0.25) is 0 Å². The average molecular weight is 328 g/mol. The van der Waals surface area contributed by atoms with Crippen LogP contribution in [0.5, 0.6) is 0 Å². The van der Waals surface area contributed by atoms with Crippen LogP contribution in [0.4, 0.5) is 21.5 Å². The molecule has 0 unspecified atom stereocenters. The number of nitrogens with one attached hydrogen (secondary N) is 1. The first kappa shape index (κ1) is 11.2. The van der Waals surface area contributed by atoms with E-state index in [1.165, 1.54) is 6.07 Å². The van der Waals surface area contributed by atoms with Crippen molar-refractivity contribution in [2.24, 2.45) is 0 Å². The predicted octanol–water partition coefficient (Wildman–Crippen LogP) is 3.76. The monoisotopic (exact) mass is 328 g/mol. The summed E-state index contributed by atoms with van der Waals surface area (Å²) in [6, 6.07) is 12.5. The molecule has 0 heterocycles. The van der Waals surface area contributed by atoms with Crippen molar-refractivity contribution in [2.75, 3.05) is 11.1 Å². The first-order chi connectivity index (χ1) is 7.66. The third kappa shape index (κ3) is 2.44. The van der Waals surface area contributed by atoms with Gasteiger partial charge in [-0.1, -0.05) is 6.07 Å². The molecule has 16 heavy (non-hydrogen) atoms. The van der Waals surface area contributed by atoms with Gasteiger partial charge in [-0.2, -0.15) is 0 Å². The van der Waals surface area contributed by atoms with Crippen LogP contribution in [0.2, 0.25) is 0 Å². The Kier molecular flexibility index (Phi) is 3.28. The van der Waals surface area contributed by atoms with Crippen LogP contribution >= 0.6 is 22.6 Å². The van der Waals surface area contributed by atoms with Crippen LogP contribution in [-0.4, -0.2) is 0 Å². The van der Waals surface area contributed by atoms with E-state index in [-0.39, 0.29) is 5.69 Å². The van der Waals surface area contributed by atoms with Crippen LogP contribution in [0.1, 0.15) is 0 Å². The molecule has 2 aromatic rings. The van der Waals surface area contributed by atoms with Crippen molar-refractivity contribution >= 4 is 39.7 Å².